The summed E-state index contributed by atoms with van der Waals surface area (Å²) in [4.78, 5) is 37.1. The molecule has 0 amide bonds. The van der Waals surface area contributed by atoms with Crippen molar-refractivity contribution in [3.63, 3.8) is 0 Å². The summed E-state index contributed by atoms with van der Waals surface area (Å²) >= 11 is 12.9. The zero-order valence-corrected chi connectivity index (χ0v) is 28.8. The first-order valence-electron chi connectivity index (χ1n) is 13.8. The van der Waals surface area contributed by atoms with E-state index < -0.39 is 54.2 Å². The standard InChI is InChI=1S/C25H39ClFN6O8PS2/c1-8-37-19-16-18(30-23(28)31-19)33(12-29-16)21-25(26,27)17(34)15(41-21)11-39-42(43,32-14(4)20(35)40-13(2)3)38-9-10-44-22(36)24(5,6)7/h12-15,17,21,34H,8-11H2,1-7H3,(H,32,43)(H2,28,30,31)/t14-,15-,17-,21-,25+,42-/m1/s1. The number of esters is 1. The Bertz CT molecular complexity index is 1380. The van der Waals surface area contributed by atoms with Crippen LogP contribution in [0.5, 0.6) is 5.88 Å². The van der Waals surface area contributed by atoms with Crippen LogP contribution in [0.3, 0.4) is 0 Å². The van der Waals surface area contributed by atoms with Crippen molar-refractivity contribution in [1.29, 1.82) is 0 Å². The predicted octanol–water partition coefficient (Wildman–Crippen LogP) is 3.46. The molecule has 2 aromatic heterocycles. The molecule has 0 saturated carbocycles. The van der Waals surface area contributed by atoms with Crippen LogP contribution in [0, 0.1) is 5.41 Å². The molecule has 4 N–H and O–H groups in total. The van der Waals surface area contributed by atoms with Gasteiger partial charge in [-0.2, -0.15) is 9.97 Å². The Morgan fingerprint density at radius 2 is 2.02 bits per heavy atom. The molecule has 44 heavy (non-hydrogen) atoms. The van der Waals surface area contributed by atoms with Crippen LogP contribution in [0.15, 0.2) is 6.33 Å². The van der Waals surface area contributed by atoms with Crippen LogP contribution in [0.4, 0.5) is 10.3 Å². The number of halogens is 2. The van der Waals surface area contributed by atoms with Crippen molar-refractivity contribution in [3.8, 4) is 5.88 Å². The molecule has 0 unspecified atom stereocenters. The molecule has 6 atom stereocenters. The van der Waals surface area contributed by atoms with Crippen molar-refractivity contribution in [2.75, 3.05) is 31.3 Å². The molecular weight excluding hydrogens is 662 g/mol. The Balaban J connectivity index is 1.78. The number of aliphatic hydroxyl groups excluding tert-OH is 1. The lowest BCUT2D eigenvalue weighted by Crippen LogP contribution is -2.39. The molecular formula is C25H39ClFN6O8PS2. The quantitative estimate of drug-likeness (QED) is 0.113. The van der Waals surface area contributed by atoms with Gasteiger partial charge in [0.15, 0.2) is 22.5 Å². The molecule has 3 rings (SSSR count). The maximum Gasteiger partial charge on any atom is 0.323 e. The number of ether oxygens (including phenoxy) is 3. The minimum atomic E-state index is -3.51. The summed E-state index contributed by atoms with van der Waals surface area (Å²) in [6.45, 7) is 8.33. The minimum absolute atomic E-state index is 0.00765. The van der Waals surface area contributed by atoms with E-state index in [1.165, 1.54) is 17.8 Å². The predicted molar refractivity (Wildman–Crippen MR) is 167 cm³/mol. The smallest absolute Gasteiger partial charge is 0.323 e. The first-order valence-corrected chi connectivity index (χ1v) is 17.8. The number of nitrogens with zero attached hydrogens (tertiary/aromatic N) is 4. The largest absolute Gasteiger partial charge is 0.476 e. The van der Waals surface area contributed by atoms with Crippen LogP contribution >= 0.6 is 30.0 Å². The van der Waals surface area contributed by atoms with Gasteiger partial charge >= 0.3 is 5.97 Å². The third-order valence-corrected chi connectivity index (χ3v) is 10.3. The topological polar surface area (TPSA) is 182 Å². The van der Waals surface area contributed by atoms with E-state index in [-0.39, 0.29) is 53.2 Å². The van der Waals surface area contributed by atoms with Crippen LogP contribution in [0.25, 0.3) is 11.2 Å². The molecule has 19 heteroatoms. The molecule has 0 aliphatic carbocycles. The average Bonchev–Trinajstić information content (AvgIpc) is 3.42. The number of alkyl halides is 2. The molecule has 2 aromatic rings. The minimum Gasteiger partial charge on any atom is -0.476 e. The summed E-state index contributed by atoms with van der Waals surface area (Å²) in [6.07, 6.45) is -4.02. The van der Waals surface area contributed by atoms with E-state index in [4.69, 9.17) is 52.4 Å². The van der Waals surface area contributed by atoms with E-state index in [2.05, 4.69) is 20.0 Å². The zero-order valence-electron chi connectivity index (χ0n) is 25.5. The lowest BCUT2D eigenvalue weighted by atomic mass is 10.00. The summed E-state index contributed by atoms with van der Waals surface area (Å²) in [5, 5.41) is 10.8. The SMILES string of the molecule is CCOc1nc(N)nc2c1ncn2[C@@H]1O[C@H](CO[P@@](=S)(N[C@H](C)C(=O)OC(C)C)OCCSC(=O)C(C)(C)C)[C@@H](O)[C@@]1(F)Cl. The highest BCUT2D eigenvalue weighted by Crippen LogP contribution is 2.49. The second kappa shape index (κ2) is 14.8. The molecule has 0 spiro atoms. The second-order valence-electron chi connectivity index (χ2n) is 11.1. The van der Waals surface area contributed by atoms with E-state index in [0.29, 0.717) is 0 Å². The number of anilines is 1. The van der Waals surface area contributed by atoms with Crippen molar-refractivity contribution >= 4 is 70.0 Å². The fraction of sp³-hybridized carbons (Fsp3) is 0.720. The number of aliphatic hydroxyl groups is 1. The number of nitrogens with one attached hydrogen (secondary N) is 1. The van der Waals surface area contributed by atoms with E-state index in [1.807, 2.05) is 0 Å². The van der Waals surface area contributed by atoms with E-state index >= 15 is 4.39 Å². The molecule has 3 heterocycles. The lowest BCUT2D eigenvalue weighted by molar-refractivity contribution is -0.149. The number of carbonyl (C=O) groups excluding carboxylic acids is 2. The van der Waals surface area contributed by atoms with Gasteiger partial charge in [0.2, 0.25) is 11.8 Å². The van der Waals surface area contributed by atoms with Gasteiger partial charge in [-0.1, -0.05) is 44.1 Å². The van der Waals surface area contributed by atoms with Gasteiger partial charge in [0, 0.05) is 11.2 Å². The van der Waals surface area contributed by atoms with Gasteiger partial charge in [0.1, 0.15) is 18.2 Å². The summed E-state index contributed by atoms with van der Waals surface area (Å²) in [5.41, 5.74) is 5.51. The lowest BCUT2D eigenvalue weighted by Gasteiger charge is -2.28. The maximum atomic E-state index is 15.9. The number of hydrogen-bond acceptors (Lipinski definition) is 14. The third kappa shape index (κ3) is 8.97. The molecule has 1 aliphatic rings. The molecule has 1 saturated heterocycles. The van der Waals surface area contributed by atoms with Crippen molar-refractivity contribution in [3.05, 3.63) is 6.33 Å². The Morgan fingerprint density at radius 1 is 1.34 bits per heavy atom. The van der Waals surface area contributed by atoms with Crippen molar-refractivity contribution in [2.45, 2.75) is 84.2 Å². The summed E-state index contributed by atoms with van der Waals surface area (Å²) < 4.78 is 45.3. The van der Waals surface area contributed by atoms with Gasteiger partial charge in [-0.05, 0) is 39.5 Å². The second-order valence-corrected chi connectivity index (χ2v) is 16.0. The molecule has 0 aromatic carbocycles. The maximum absolute atomic E-state index is 15.9. The molecule has 1 fully saturated rings. The first kappa shape index (κ1) is 36.8. The fourth-order valence-electron chi connectivity index (χ4n) is 3.84. The number of carbonyl (C=O) groups is 2. The number of imidazole rings is 1. The molecule has 0 radical (unpaired) electrons. The molecule has 14 nitrogen and oxygen atoms in total. The molecule has 248 valence electrons. The van der Waals surface area contributed by atoms with E-state index in [0.717, 1.165) is 11.8 Å². The Morgan fingerprint density at radius 3 is 2.64 bits per heavy atom. The van der Waals surface area contributed by atoms with Gasteiger partial charge in [-0.3, -0.25) is 14.2 Å². The van der Waals surface area contributed by atoms with Crippen LogP contribution in [0.1, 0.15) is 54.7 Å². The fourth-order valence-corrected chi connectivity index (χ4v) is 7.40. The summed E-state index contributed by atoms with van der Waals surface area (Å²) in [6, 6.07) is -0.940. The number of hydrogen-bond donors (Lipinski definition) is 3. The zero-order chi connectivity index (χ0) is 33.0. The van der Waals surface area contributed by atoms with Gasteiger partial charge < -0.3 is 34.1 Å². The van der Waals surface area contributed by atoms with Gasteiger partial charge in [0.05, 0.1) is 32.3 Å². The van der Waals surface area contributed by atoms with Crippen LogP contribution in [-0.4, -0.2) is 90.8 Å². The number of rotatable bonds is 14. The van der Waals surface area contributed by atoms with Crippen molar-refractivity contribution < 1.29 is 42.3 Å². The van der Waals surface area contributed by atoms with Crippen molar-refractivity contribution in [2.24, 2.45) is 5.41 Å². The van der Waals surface area contributed by atoms with Crippen LogP contribution in [0.2, 0.25) is 0 Å². The third-order valence-electron chi connectivity index (χ3n) is 5.98. The highest BCUT2D eigenvalue weighted by atomic mass is 35.5. The van der Waals surface area contributed by atoms with Crippen molar-refractivity contribution in [1.82, 2.24) is 24.6 Å². The van der Waals surface area contributed by atoms with Gasteiger partial charge in [0.25, 0.3) is 11.8 Å². The van der Waals surface area contributed by atoms with Gasteiger partial charge in [-0.15, -0.1) is 0 Å². The molecule has 0 bridgehead atoms. The van der Waals surface area contributed by atoms with Gasteiger partial charge in [-0.25, -0.2) is 14.5 Å². The highest BCUT2D eigenvalue weighted by Gasteiger charge is 2.58. The number of thioether (sulfide) groups is 1. The normalized spacial score (nSPS) is 24.4. The Hall–Kier alpha value is -1.69. The monoisotopic (exact) mass is 700 g/mol. The number of aromatic nitrogens is 4. The number of nitrogens with two attached hydrogens (primary N) is 1. The number of fused-ring (bicyclic) bond motifs is 1. The Kier molecular flexibility index (Phi) is 12.4. The average molecular weight is 701 g/mol. The van der Waals surface area contributed by atoms with Crippen LogP contribution in [-0.2, 0) is 39.9 Å². The summed E-state index contributed by atoms with van der Waals surface area (Å²) in [7, 11) is 0. The number of nitrogen functional groups attached to an aromatic ring is 1. The Labute approximate surface area is 269 Å². The highest BCUT2D eigenvalue weighted by molar-refractivity contribution is 8.13. The summed E-state index contributed by atoms with van der Waals surface area (Å²) in [5.74, 6) is -0.412. The van der Waals surface area contributed by atoms with Crippen LogP contribution < -0.4 is 15.6 Å². The van der Waals surface area contributed by atoms with E-state index in [9.17, 15) is 14.7 Å². The molecule has 1 aliphatic heterocycles. The van der Waals surface area contributed by atoms with E-state index in [1.54, 1.807) is 41.5 Å². The first-order chi connectivity index (χ1) is 20.4.